The van der Waals surface area contributed by atoms with E-state index in [1.54, 1.807) is 12.1 Å². The number of anilines is 2. The van der Waals surface area contributed by atoms with Crippen LogP contribution < -0.4 is 10.6 Å². The summed E-state index contributed by atoms with van der Waals surface area (Å²) in [5.41, 5.74) is 1.19. The molecule has 1 aliphatic heterocycles. The third kappa shape index (κ3) is 5.55. The van der Waals surface area contributed by atoms with Gasteiger partial charge in [-0.25, -0.2) is 0 Å². The van der Waals surface area contributed by atoms with Gasteiger partial charge in [0.2, 0.25) is 0 Å². The molecule has 30 heavy (non-hydrogen) atoms. The number of nitro benzene ring substituents is 1. The van der Waals surface area contributed by atoms with Crippen molar-refractivity contribution in [2.24, 2.45) is 0 Å². The van der Waals surface area contributed by atoms with Crippen LogP contribution in [0.15, 0.2) is 48.5 Å². The van der Waals surface area contributed by atoms with Crippen LogP contribution in [-0.4, -0.2) is 53.6 Å². The van der Waals surface area contributed by atoms with E-state index in [1.807, 2.05) is 44.2 Å². The van der Waals surface area contributed by atoms with Crippen molar-refractivity contribution >= 4 is 23.0 Å². The van der Waals surface area contributed by atoms with Crippen molar-refractivity contribution in [1.82, 2.24) is 10.2 Å². The number of hydrogen-bond donors (Lipinski definition) is 2. The van der Waals surface area contributed by atoms with Gasteiger partial charge in [0.15, 0.2) is 0 Å². The zero-order valence-corrected chi connectivity index (χ0v) is 17.5. The highest BCUT2D eigenvalue weighted by atomic mass is 16.6. The molecule has 1 amide bonds. The van der Waals surface area contributed by atoms with Gasteiger partial charge in [-0.3, -0.25) is 19.8 Å². The number of benzene rings is 2. The maximum Gasteiger partial charge on any atom is 0.293 e. The van der Waals surface area contributed by atoms with Crippen LogP contribution in [0.4, 0.5) is 17.1 Å². The van der Waals surface area contributed by atoms with Gasteiger partial charge in [0.05, 0.1) is 17.1 Å². The van der Waals surface area contributed by atoms with Crippen LogP contribution in [-0.2, 0) is 4.74 Å². The fourth-order valence-corrected chi connectivity index (χ4v) is 3.66. The van der Waals surface area contributed by atoms with E-state index in [4.69, 9.17) is 4.74 Å². The molecule has 0 radical (unpaired) electrons. The van der Waals surface area contributed by atoms with Gasteiger partial charge < -0.3 is 15.4 Å². The number of nitrogens with zero attached hydrogens (tertiary/aromatic N) is 2. The minimum Gasteiger partial charge on any atom is -0.373 e. The summed E-state index contributed by atoms with van der Waals surface area (Å²) in [7, 11) is 0. The Bertz CT molecular complexity index is 880. The highest BCUT2D eigenvalue weighted by molar-refractivity contribution is 5.96. The molecule has 3 rings (SSSR count). The molecule has 2 N–H and O–H groups in total. The monoisotopic (exact) mass is 412 g/mol. The van der Waals surface area contributed by atoms with E-state index in [-0.39, 0.29) is 35.4 Å². The summed E-state index contributed by atoms with van der Waals surface area (Å²) >= 11 is 0. The molecule has 3 atom stereocenters. The average molecular weight is 412 g/mol. The van der Waals surface area contributed by atoms with Gasteiger partial charge in [0.25, 0.3) is 11.6 Å². The molecule has 0 bridgehead atoms. The van der Waals surface area contributed by atoms with Crippen molar-refractivity contribution in [2.75, 3.05) is 25.0 Å². The maximum atomic E-state index is 12.6. The number of carbonyl (C=O) groups is 1. The normalized spacial score (nSPS) is 20.4. The molecule has 0 spiro atoms. The van der Waals surface area contributed by atoms with Crippen molar-refractivity contribution in [3.05, 3.63) is 64.2 Å². The van der Waals surface area contributed by atoms with E-state index >= 15 is 0 Å². The smallest absolute Gasteiger partial charge is 0.293 e. The first-order chi connectivity index (χ1) is 14.3. The van der Waals surface area contributed by atoms with Crippen LogP contribution in [0.5, 0.6) is 0 Å². The molecular weight excluding hydrogens is 384 g/mol. The van der Waals surface area contributed by atoms with Crippen LogP contribution in [0, 0.1) is 10.1 Å². The van der Waals surface area contributed by atoms with Gasteiger partial charge >= 0.3 is 0 Å². The second-order valence-corrected chi connectivity index (χ2v) is 7.75. The van der Waals surface area contributed by atoms with Crippen molar-refractivity contribution < 1.29 is 14.5 Å². The van der Waals surface area contributed by atoms with E-state index in [1.165, 1.54) is 6.07 Å². The van der Waals surface area contributed by atoms with Crippen LogP contribution in [0.2, 0.25) is 0 Å². The summed E-state index contributed by atoms with van der Waals surface area (Å²) in [5, 5.41) is 17.5. The van der Waals surface area contributed by atoms with E-state index in [0.717, 1.165) is 18.8 Å². The zero-order valence-electron chi connectivity index (χ0n) is 17.5. The van der Waals surface area contributed by atoms with Gasteiger partial charge in [-0.2, -0.15) is 0 Å². The summed E-state index contributed by atoms with van der Waals surface area (Å²) < 4.78 is 5.75. The number of ether oxygens (including phenoxy) is 1. The highest BCUT2D eigenvalue weighted by Gasteiger charge is 2.26. The lowest BCUT2D eigenvalue weighted by atomic mass is 10.1. The van der Waals surface area contributed by atoms with Crippen LogP contribution >= 0.6 is 0 Å². The molecule has 0 unspecified atom stereocenters. The minimum absolute atomic E-state index is 0.136. The van der Waals surface area contributed by atoms with Crippen molar-refractivity contribution in [3.8, 4) is 0 Å². The first-order valence-corrected chi connectivity index (χ1v) is 10.1. The standard InChI is InChI=1S/C22H28N4O4/c1-15(25-13-16(2)30-17(3)14-25)12-23-22(27)18-9-10-20(21(11-18)26(28)29)24-19-7-5-4-6-8-19/h4-11,15-17,24H,12-14H2,1-3H3,(H,23,27)/t15-,16+,17+/m0/s1. The second-order valence-electron chi connectivity index (χ2n) is 7.75. The molecule has 1 fully saturated rings. The average Bonchev–Trinajstić information content (AvgIpc) is 2.72. The fourth-order valence-electron chi connectivity index (χ4n) is 3.66. The van der Waals surface area contributed by atoms with E-state index in [9.17, 15) is 14.9 Å². The topological polar surface area (TPSA) is 96.7 Å². The van der Waals surface area contributed by atoms with Crippen LogP contribution in [0.1, 0.15) is 31.1 Å². The number of hydrogen-bond acceptors (Lipinski definition) is 6. The summed E-state index contributed by atoms with van der Waals surface area (Å²) in [6.45, 7) is 8.21. The number of nitro groups is 1. The predicted octanol–water partition coefficient (Wildman–Crippen LogP) is 3.57. The molecule has 2 aromatic carbocycles. The summed E-state index contributed by atoms with van der Waals surface area (Å²) in [5.74, 6) is -0.328. The Labute approximate surface area is 176 Å². The third-order valence-electron chi connectivity index (χ3n) is 5.14. The summed E-state index contributed by atoms with van der Waals surface area (Å²) in [4.78, 5) is 25.9. The number of nitrogens with one attached hydrogen (secondary N) is 2. The molecule has 0 saturated carbocycles. The van der Waals surface area contributed by atoms with Crippen LogP contribution in [0.3, 0.4) is 0 Å². The molecule has 8 heteroatoms. The van der Waals surface area contributed by atoms with E-state index in [2.05, 4.69) is 22.5 Å². The number of carbonyl (C=O) groups excluding carboxylic acids is 1. The first kappa shape index (κ1) is 21.7. The highest BCUT2D eigenvalue weighted by Crippen LogP contribution is 2.28. The number of rotatable bonds is 7. The molecule has 2 aromatic rings. The van der Waals surface area contributed by atoms with Gasteiger partial charge in [-0.1, -0.05) is 18.2 Å². The Morgan fingerprint density at radius 2 is 1.87 bits per heavy atom. The van der Waals surface area contributed by atoms with Crippen LogP contribution in [0.25, 0.3) is 0 Å². The largest absolute Gasteiger partial charge is 0.373 e. The summed E-state index contributed by atoms with van der Waals surface area (Å²) in [6.07, 6.45) is 0.304. The number of morpholine rings is 1. The van der Waals surface area contributed by atoms with Crippen molar-refractivity contribution in [2.45, 2.75) is 39.0 Å². The van der Waals surface area contributed by atoms with E-state index in [0.29, 0.717) is 12.2 Å². The molecule has 0 aliphatic carbocycles. The van der Waals surface area contributed by atoms with Gasteiger partial charge in [0.1, 0.15) is 5.69 Å². The molecule has 1 aliphatic rings. The minimum atomic E-state index is -0.485. The molecule has 0 aromatic heterocycles. The quantitative estimate of drug-likeness (QED) is 0.533. The lowest BCUT2D eigenvalue weighted by Crippen LogP contribution is -2.52. The van der Waals surface area contributed by atoms with Gasteiger partial charge in [0, 0.05) is 43.0 Å². The molecule has 1 heterocycles. The van der Waals surface area contributed by atoms with Gasteiger partial charge in [-0.05, 0) is 45.0 Å². The number of amides is 1. The zero-order chi connectivity index (χ0) is 21.7. The Hall–Kier alpha value is -2.97. The first-order valence-electron chi connectivity index (χ1n) is 10.1. The molecule has 8 nitrogen and oxygen atoms in total. The lowest BCUT2D eigenvalue weighted by Gasteiger charge is -2.39. The molecule has 160 valence electrons. The SMILES string of the molecule is C[C@@H]1CN([C@@H](C)CNC(=O)c2ccc(Nc3ccccc3)c([N+](=O)[O-])c2)C[C@@H](C)O1. The maximum absolute atomic E-state index is 12.6. The predicted molar refractivity (Wildman–Crippen MR) is 116 cm³/mol. The fraction of sp³-hybridized carbons (Fsp3) is 0.409. The number of para-hydroxylation sites is 1. The third-order valence-corrected chi connectivity index (χ3v) is 5.14. The van der Waals surface area contributed by atoms with E-state index < -0.39 is 4.92 Å². The Kier molecular flexibility index (Phi) is 7.02. The molecule has 1 saturated heterocycles. The summed E-state index contributed by atoms with van der Waals surface area (Å²) in [6, 6.07) is 13.8. The second kappa shape index (κ2) is 9.69. The Morgan fingerprint density at radius 3 is 2.50 bits per heavy atom. The van der Waals surface area contributed by atoms with Crippen molar-refractivity contribution in [1.29, 1.82) is 0 Å². The Morgan fingerprint density at radius 1 is 1.20 bits per heavy atom. The Balaban J connectivity index is 1.65. The molecular formula is C22H28N4O4. The van der Waals surface area contributed by atoms with Crippen molar-refractivity contribution in [3.63, 3.8) is 0 Å². The van der Waals surface area contributed by atoms with Gasteiger partial charge in [-0.15, -0.1) is 0 Å². The lowest BCUT2D eigenvalue weighted by molar-refractivity contribution is -0.383.